The Morgan fingerprint density at radius 3 is 2.85 bits per heavy atom. The molecule has 20 heavy (non-hydrogen) atoms. The molecule has 0 aromatic carbocycles. The van der Waals surface area contributed by atoms with Gasteiger partial charge < -0.3 is 10.2 Å². The van der Waals surface area contributed by atoms with Crippen molar-refractivity contribution >= 4 is 42.1 Å². The Labute approximate surface area is 137 Å². The Morgan fingerprint density at radius 1 is 1.55 bits per heavy atom. The molecule has 1 aliphatic heterocycles. The summed E-state index contributed by atoms with van der Waals surface area (Å²) in [4.78, 5) is 18.7. The highest BCUT2D eigenvalue weighted by Crippen LogP contribution is 2.17. The second-order valence-electron chi connectivity index (χ2n) is 5.28. The number of amides is 1. The van der Waals surface area contributed by atoms with Crippen LogP contribution in [0.25, 0.3) is 0 Å². The third kappa shape index (κ3) is 4.88. The van der Waals surface area contributed by atoms with Crippen molar-refractivity contribution in [2.75, 3.05) is 19.6 Å². The van der Waals surface area contributed by atoms with Crippen molar-refractivity contribution in [3.63, 3.8) is 0 Å². The fourth-order valence-electron chi connectivity index (χ4n) is 2.14. The van der Waals surface area contributed by atoms with Crippen LogP contribution in [0.3, 0.4) is 0 Å². The predicted octanol–water partition coefficient (Wildman–Crippen LogP) is 2.62. The lowest BCUT2D eigenvalue weighted by molar-refractivity contribution is 0.0650. The van der Waals surface area contributed by atoms with Gasteiger partial charge in [0.05, 0.1) is 5.01 Å². The summed E-state index contributed by atoms with van der Waals surface area (Å²) >= 11 is 1.60. The summed E-state index contributed by atoms with van der Waals surface area (Å²) in [6.45, 7) is 8.93. The van der Waals surface area contributed by atoms with Crippen molar-refractivity contribution in [2.24, 2.45) is 5.92 Å². The second-order valence-corrected chi connectivity index (χ2v) is 6.22. The Morgan fingerprint density at radius 2 is 2.25 bits per heavy atom. The molecule has 116 valence electrons. The van der Waals surface area contributed by atoms with E-state index in [4.69, 9.17) is 0 Å². The van der Waals surface area contributed by atoms with Crippen LogP contribution in [0.2, 0.25) is 0 Å². The molecule has 1 aliphatic rings. The molecule has 0 saturated carbocycles. The van der Waals surface area contributed by atoms with Crippen LogP contribution in [-0.2, 0) is 6.42 Å². The van der Waals surface area contributed by atoms with Gasteiger partial charge in [-0.2, -0.15) is 0 Å². The van der Waals surface area contributed by atoms with Crippen LogP contribution in [0, 0.1) is 5.92 Å². The molecule has 0 aliphatic carbocycles. The highest BCUT2D eigenvalue weighted by atomic mass is 35.5. The fourth-order valence-corrected chi connectivity index (χ4v) is 3.12. The van der Waals surface area contributed by atoms with Crippen molar-refractivity contribution in [2.45, 2.75) is 33.2 Å². The van der Waals surface area contributed by atoms with Gasteiger partial charge in [-0.3, -0.25) is 4.79 Å². The third-order valence-electron chi connectivity index (χ3n) is 3.12. The topological polar surface area (TPSA) is 45.2 Å². The van der Waals surface area contributed by atoms with Gasteiger partial charge in [0.15, 0.2) is 0 Å². The van der Waals surface area contributed by atoms with E-state index >= 15 is 0 Å². The first-order valence-corrected chi connectivity index (χ1v) is 7.42. The zero-order valence-electron chi connectivity index (χ0n) is 12.1. The number of aromatic nitrogens is 1. The Kier molecular flexibility index (Phi) is 8.66. The van der Waals surface area contributed by atoms with E-state index in [2.05, 4.69) is 31.1 Å². The van der Waals surface area contributed by atoms with Crippen LogP contribution < -0.4 is 5.32 Å². The van der Waals surface area contributed by atoms with Gasteiger partial charge in [-0.1, -0.05) is 13.8 Å². The molecular weight excluding hydrogens is 317 g/mol. The summed E-state index contributed by atoms with van der Waals surface area (Å²) in [6, 6.07) is 0.251. The van der Waals surface area contributed by atoms with E-state index in [-0.39, 0.29) is 36.8 Å². The lowest BCUT2D eigenvalue weighted by Crippen LogP contribution is -2.52. The highest BCUT2D eigenvalue weighted by Gasteiger charge is 2.25. The molecule has 4 nitrogen and oxygen atoms in total. The maximum Gasteiger partial charge on any atom is 0.273 e. The van der Waals surface area contributed by atoms with E-state index in [0.717, 1.165) is 31.1 Å². The van der Waals surface area contributed by atoms with E-state index < -0.39 is 0 Å². The van der Waals surface area contributed by atoms with E-state index in [1.54, 1.807) is 11.3 Å². The fraction of sp³-hybridized carbons (Fsp3) is 0.692. The normalized spacial score (nSPS) is 18.4. The van der Waals surface area contributed by atoms with Crippen LogP contribution in [0.5, 0.6) is 0 Å². The molecular formula is C13H23Cl2N3OS. The van der Waals surface area contributed by atoms with Gasteiger partial charge in [-0.25, -0.2) is 4.98 Å². The van der Waals surface area contributed by atoms with Crippen molar-refractivity contribution in [1.82, 2.24) is 15.2 Å². The Balaban J connectivity index is 0.00000180. The molecule has 1 aromatic heterocycles. The first-order chi connectivity index (χ1) is 8.58. The minimum atomic E-state index is 0. The average molecular weight is 340 g/mol. The molecule has 1 atom stereocenters. The van der Waals surface area contributed by atoms with Crippen LogP contribution in [0.1, 0.15) is 36.3 Å². The molecule has 2 rings (SSSR count). The van der Waals surface area contributed by atoms with E-state index in [1.807, 2.05) is 10.3 Å². The number of hydrogen-bond acceptors (Lipinski definition) is 4. The first kappa shape index (κ1) is 19.6. The van der Waals surface area contributed by atoms with Crippen molar-refractivity contribution in [3.8, 4) is 0 Å². The predicted molar refractivity (Wildman–Crippen MR) is 88.5 cm³/mol. The monoisotopic (exact) mass is 339 g/mol. The van der Waals surface area contributed by atoms with Crippen LogP contribution in [0.4, 0.5) is 0 Å². The number of thiazole rings is 1. The van der Waals surface area contributed by atoms with Crippen molar-refractivity contribution in [1.29, 1.82) is 0 Å². The standard InChI is InChI=1S/C13H21N3OS.2ClH/c1-9(2)6-12-15-11(8-18-12)13(17)16-5-4-14-7-10(16)3;;/h8-10,14H,4-7H2,1-3H3;2*1H/t10-;;/m0../s1. The van der Waals surface area contributed by atoms with Gasteiger partial charge in [-0.05, 0) is 12.8 Å². The number of piperazine rings is 1. The summed E-state index contributed by atoms with van der Waals surface area (Å²) in [5.41, 5.74) is 0.615. The molecule has 1 fully saturated rings. The second kappa shape index (κ2) is 8.82. The number of halogens is 2. The Bertz CT molecular complexity index is 426. The quantitative estimate of drug-likeness (QED) is 0.920. The summed E-state index contributed by atoms with van der Waals surface area (Å²) in [7, 11) is 0. The number of nitrogens with zero attached hydrogens (tertiary/aromatic N) is 2. The zero-order chi connectivity index (χ0) is 13.1. The number of nitrogens with one attached hydrogen (secondary N) is 1. The molecule has 1 N–H and O–H groups in total. The molecule has 2 heterocycles. The Hall–Kier alpha value is -0.360. The van der Waals surface area contributed by atoms with E-state index in [1.165, 1.54) is 0 Å². The number of carbonyl (C=O) groups is 1. The van der Waals surface area contributed by atoms with Gasteiger partial charge in [0, 0.05) is 37.5 Å². The number of rotatable bonds is 3. The maximum atomic E-state index is 12.4. The van der Waals surface area contributed by atoms with Crippen molar-refractivity contribution in [3.05, 3.63) is 16.1 Å². The van der Waals surface area contributed by atoms with Crippen LogP contribution >= 0.6 is 36.2 Å². The van der Waals surface area contributed by atoms with E-state index in [9.17, 15) is 4.79 Å². The molecule has 1 aromatic rings. The SMILES string of the molecule is CC(C)Cc1nc(C(=O)N2CCNC[C@@H]2C)cs1.Cl.Cl. The summed E-state index contributed by atoms with van der Waals surface area (Å²) in [6.07, 6.45) is 0.953. The van der Waals surface area contributed by atoms with Gasteiger partial charge in [0.2, 0.25) is 0 Å². The third-order valence-corrected chi connectivity index (χ3v) is 3.99. The molecule has 7 heteroatoms. The molecule has 0 bridgehead atoms. The van der Waals surface area contributed by atoms with Crippen molar-refractivity contribution < 1.29 is 4.79 Å². The summed E-state index contributed by atoms with van der Waals surface area (Å²) < 4.78 is 0. The van der Waals surface area contributed by atoms with Crippen LogP contribution in [-0.4, -0.2) is 41.5 Å². The van der Waals surface area contributed by atoms with Gasteiger partial charge in [-0.15, -0.1) is 36.2 Å². The van der Waals surface area contributed by atoms with Gasteiger partial charge in [0.25, 0.3) is 5.91 Å². The number of carbonyl (C=O) groups excluding carboxylic acids is 1. The molecule has 0 spiro atoms. The summed E-state index contributed by atoms with van der Waals surface area (Å²) in [5, 5.41) is 6.25. The highest BCUT2D eigenvalue weighted by molar-refractivity contribution is 7.09. The molecule has 0 radical (unpaired) electrons. The lowest BCUT2D eigenvalue weighted by atomic mass is 10.1. The molecule has 1 amide bonds. The maximum absolute atomic E-state index is 12.4. The average Bonchev–Trinajstić information content (AvgIpc) is 2.76. The zero-order valence-corrected chi connectivity index (χ0v) is 14.5. The van der Waals surface area contributed by atoms with Gasteiger partial charge >= 0.3 is 0 Å². The smallest absolute Gasteiger partial charge is 0.273 e. The van der Waals surface area contributed by atoms with E-state index in [0.29, 0.717) is 11.6 Å². The minimum Gasteiger partial charge on any atom is -0.332 e. The summed E-state index contributed by atoms with van der Waals surface area (Å²) in [5.74, 6) is 0.660. The lowest BCUT2D eigenvalue weighted by Gasteiger charge is -2.33. The van der Waals surface area contributed by atoms with Crippen LogP contribution in [0.15, 0.2) is 5.38 Å². The number of hydrogen-bond donors (Lipinski definition) is 1. The molecule has 0 unspecified atom stereocenters. The first-order valence-electron chi connectivity index (χ1n) is 6.54. The van der Waals surface area contributed by atoms with Gasteiger partial charge in [0.1, 0.15) is 5.69 Å². The minimum absolute atomic E-state index is 0. The molecule has 1 saturated heterocycles. The largest absolute Gasteiger partial charge is 0.332 e.